The van der Waals surface area contributed by atoms with Gasteiger partial charge < -0.3 is 19.1 Å². The fourth-order valence-corrected chi connectivity index (χ4v) is 4.30. The molecule has 1 N–H and O–H groups in total. The Morgan fingerprint density at radius 1 is 1.02 bits per heavy atom. The first kappa shape index (κ1) is 26.3. The molecule has 0 bridgehead atoms. The number of aromatic nitrogens is 3. The highest BCUT2D eigenvalue weighted by Gasteiger charge is 2.18. The minimum absolute atomic E-state index is 0.0650. The summed E-state index contributed by atoms with van der Waals surface area (Å²) in [7, 11) is 3.17. The van der Waals surface area contributed by atoms with E-state index in [9.17, 15) is 14.3 Å². The van der Waals surface area contributed by atoms with Crippen molar-refractivity contribution in [3.8, 4) is 29.0 Å². The van der Waals surface area contributed by atoms with Gasteiger partial charge in [-0.1, -0.05) is 24.3 Å². The number of nitriles is 1. The van der Waals surface area contributed by atoms with Gasteiger partial charge >= 0.3 is 5.97 Å². The quantitative estimate of drug-likeness (QED) is 0.270. The molecule has 0 unspecified atom stereocenters. The van der Waals surface area contributed by atoms with Crippen molar-refractivity contribution in [3.05, 3.63) is 106 Å². The third kappa shape index (κ3) is 5.17. The number of halogens is 2. The number of aromatic carboxylic acids is 1. The van der Waals surface area contributed by atoms with Crippen LogP contribution in [0.4, 0.5) is 8.78 Å². The summed E-state index contributed by atoms with van der Waals surface area (Å²) < 4.78 is 42.1. The molecule has 5 aromatic rings. The van der Waals surface area contributed by atoms with Gasteiger partial charge in [0.05, 0.1) is 35.5 Å². The van der Waals surface area contributed by atoms with Gasteiger partial charge in [-0.15, -0.1) is 0 Å². The van der Waals surface area contributed by atoms with Crippen molar-refractivity contribution < 1.29 is 28.2 Å². The summed E-state index contributed by atoms with van der Waals surface area (Å²) >= 11 is 0. The molecule has 3 aromatic carbocycles. The Morgan fingerprint density at radius 2 is 1.80 bits per heavy atom. The highest BCUT2D eigenvalue weighted by Crippen LogP contribution is 2.29. The molecule has 0 saturated heterocycles. The number of aryl methyl sites for hydroxylation is 1. The van der Waals surface area contributed by atoms with E-state index in [1.807, 2.05) is 6.07 Å². The maximum Gasteiger partial charge on any atom is 0.335 e. The van der Waals surface area contributed by atoms with Crippen LogP contribution >= 0.6 is 0 Å². The van der Waals surface area contributed by atoms with Crippen LogP contribution in [-0.2, 0) is 20.1 Å². The summed E-state index contributed by atoms with van der Waals surface area (Å²) in [5.74, 6) is -1.01. The van der Waals surface area contributed by atoms with Gasteiger partial charge in [0, 0.05) is 30.7 Å². The second-order valence-corrected chi connectivity index (χ2v) is 8.99. The molecule has 200 valence electrons. The largest absolute Gasteiger partial charge is 0.494 e. The van der Waals surface area contributed by atoms with Crippen molar-refractivity contribution in [3.63, 3.8) is 0 Å². The molecule has 2 aromatic heterocycles. The molecule has 8 nitrogen and oxygen atoms in total. The van der Waals surface area contributed by atoms with Crippen LogP contribution < -0.4 is 9.47 Å². The number of pyridine rings is 1. The predicted octanol–water partition coefficient (Wildman–Crippen LogP) is 5.66. The van der Waals surface area contributed by atoms with Crippen LogP contribution in [0.5, 0.6) is 11.6 Å². The minimum Gasteiger partial charge on any atom is -0.494 e. The monoisotopic (exact) mass is 540 g/mol. The summed E-state index contributed by atoms with van der Waals surface area (Å²) in [5, 5.41) is 18.3. The molecule has 40 heavy (non-hydrogen) atoms. The molecule has 0 spiro atoms. The summed E-state index contributed by atoms with van der Waals surface area (Å²) in [6.07, 6.45) is 0.162. The Balaban J connectivity index is 1.36. The first-order valence-corrected chi connectivity index (χ1v) is 12.1. The topological polar surface area (TPSA) is 110 Å². The smallest absolute Gasteiger partial charge is 0.335 e. The number of carboxylic acids is 1. The molecule has 0 radical (unpaired) electrons. The Bertz CT molecular complexity index is 1810. The molecule has 10 heteroatoms. The summed E-state index contributed by atoms with van der Waals surface area (Å²) in [4.78, 5) is 20.5. The Morgan fingerprint density at radius 3 is 2.50 bits per heavy atom. The van der Waals surface area contributed by atoms with Crippen molar-refractivity contribution in [2.45, 2.75) is 13.0 Å². The molecular formula is C30H22F2N4O4. The van der Waals surface area contributed by atoms with Crippen LogP contribution in [-0.4, -0.2) is 32.7 Å². The molecule has 0 fully saturated rings. The number of hydrogen-bond donors (Lipinski definition) is 1. The van der Waals surface area contributed by atoms with Crippen molar-refractivity contribution in [2.24, 2.45) is 7.05 Å². The van der Waals surface area contributed by atoms with E-state index < -0.39 is 17.6 Å². The highest BCUT2D eigenvalue weighted by atomic mass is 19.1. The summed E-state index contributed by atoms with van der Waals surface area (Å²) in [6, 6.07) is 18.7. The SMILES string of the molecule is COc1cc(C(=O)O)cc2c1nc(Cc1ccc(-c3cccc(OCc4ccc(C#N)cc4F)n3)cc1F)n2C. The fraction of sp³-hybridized carbons (Fsp3) is 0.133. The maximum atomic E-state index is 15.2. The van der Waals surface area contributed by atoms with E-state index in [2.05, 4.69) is 9.97 Å². The fourth-order valence-electron chi connectivity index (χ4n) is 4.30. The van der Waals surface area contributed by atoms with Crippen molar-refractivity contribution >= 4 is 17.0 Å². The van der Waals surface area contributed by atoms with Crippen LogP contribution in [0.3, 0.4) is 0 Å². The van der Waals surface area contributed by atoms with E-state index in [-0.39, 0.29) is 35.6 Å². The number of methoxy groups -OCH3 is 1. The summed E-state index contributed by atoms with van der Waals surface area (Å²) in [5.41, 5.74) is 2.99. The molecular weight excluding hydrogens is 518 g/mol. The second kappa shape index (κ2) is 10.8. The number of benzene rings is 3. The number of imidazole rings is 1. The average Bonchev–Trinajstić information content (AvgIpc) is 3.27. The van der Waals surface area contributed by atoms with E-state index in [4.69, 9.17) is 14.7 Å². The maximum absolute atomic E-state index is 15.2. The molecule has 2 heterocycles. The lowest BCUT2D eigenvalue weighted by Gasteiger charge is -2.10. The molecule has 0 aliphatic heterocycles. The van der Waals surface area contributed by atoms with Crippen LogP contribution in [0, 0.1) is 23.0 Å². The molecule has 0 atom stereocenters. The molecule has 5 rings (SSSR count). The zero-order valence-electron chi connectivity index (χ0n) is 21.5. The van der Waals surface area contributed by atoms with Gasteiger partial charge in [0.1, 0.15) is 35.3 Å². The van der Waals surface area contributed by atoms with Crippen LogP contribution in [0.25, 0.3) is 22.3 Å². The number of ether oxygens (including phenoxy) is 2. The Labute approximate surface area is 227 Å². The number of rotatable bonds is 8. The van der Waals surface area contributed by atoms with Gasteiger partial charge in [-0.3, -0.25) is 0 Å². The van der Waals surface area contributed by atoms with Crippen molar-refractivity contribution in [2.75, 3.05) is 7.11 Å². The van der Waals surface area contributed by atoms with E-state index in [1.54, 1.807) is 41.9 Å². The Kier molecular flexibility index (Phi) is 7.12. The van der Waals surface area contributed by atoms with E-state index >= 15 is 4.39 Å². The summed E-state index contributed by atoms with van der Waals surface area (Å²) in [6.45, 7) is -0.0853. The number of carboxylic acid groups (broad SMARTS) is 1. The van der Waals surface area contributed by atoms with E-state index in [0.717, 1.165) is 6.07 Å². The number of hydrogen-bond acceptors (Lipinski definition) is 6. The minimum atomic E-state index is -1.09. The molecule has 0 amide bonds. The second-order valence-electron chi connectivity index (χ2n) is 8.99. The predicted molar refractivity (Wildman–Crippen MR) is 142 cm³/mol. The van der Waals surface area contributed by atoms with E-state index in [1.165, 1.54) is 37.4 Å². The van der Waals surface area contributed by atoms with Gasteiger partial charge in [-0.25, -0.2) is 23.5 Å². The van der Waals surface area contributed by atoms with Crippen LogP contribution in [0.2, 0.25) is 0 Å². The number of carbonyl (C=O) groups is 1. The lowest BCUT2D eigenvalue weighted by molar-refractivity contribution is 0.0696. The Hall–Kier alpha value is -5.30. The van der Waals surface area contributed by atoms with Gasteiger partial charge in [0.25, 0.3) is 0 Å². The standard InChI is InChI=1S/C30H22F2N4O4/c1-36-25-12-21(30(37)38)13-26(39-2)29(25)35-27(36)14-18-8-9-19(11-23(18)32)24-4-3-5-28(34-24)40-16-20-7-6-17(15-33)10-22(20)31/h3-13H,14,16H2,1-2H3,(H,37,38). The molecule has 0 saturated carbocycles. The molecule has 0 aliphatic rings. The normalized spacial score (nSPS) is 10.9. The van der Waals surface area contributed by atoms with Gasteiger partial charge in [-0.2, -0.15) is 5.26 Å². The van der Waals surface area contributed by atoms with Crippen molar-refractivity contribution in [1.29, 1.82) is 5.26 Å². The first-order valence-electron chi connectivity index (χ1n) is 12.1. The highest BCUT2D eigenvalue weighted by molar-refractivity contribution is 5.95. The lowest BCUT2D eigenvalue weighted by atomic mass is 10.1. The number of fused-ring (bicyclic) bond motifs is 1. The third-order valence-corrected chi connectivity index (χ3v) is 6.49. The van der Waals surface area contributed by atoms with Crippen LogP contribution in [0.1, 0.15) is 32.9 Å². The third-order valence-electron chi connectivity index (χ3n) is 6.49. The zero-order chi connectivity index (χ0) is 28.4. The lowest BCUT2D eigenvalue weighted by Crippen LogP contribution is -2.02. The number of nitrogens with zero attached hydrogens (tertiary/aromatic N) is 4. The first-order chi connectivity index (χ1) is 19.3. The zero-order valence-corrected chi connectivity index (χ0v) is 21.5. The molecule has 0 aliphatic carbocycles. The van der Waals surface area contributed by atoms with Crippen LogP contribution in [0.15, 0.2) is 66.7 Å². The van der Waals surface area contributed by atoms with Crippen molar-refractivity contribution in [1.82, 2.24) is 14.5 Å². The van der Waals surface area contributed by atoms with Gasteiger partial charge in [0.2, 0.25) is 5.88 Å². The van der Waals surface area contributed by atoms with Gasteiger partial charge in [0.15, 0.2) is 0 Å². The van der Waals surface area contributed by atoms with E-state index in [0.29, 0.717) is 39.4 Å². The average molecular weight is 541 g/mol. The van der Waals surface area contributed by atoms with Gasteiger partial charge in [-0.05, 0) is 42.0 Å².